The van der Waals surface area contributed by atoms with E-state index in [-0.39, 0.29) is 5.91 Å². The number of aromatic nitrogens is 1. The number of para-hydroxylation sites is 2. The Kier molecular flexibility index (Phi) is 4.74. The summed E-state index contributed by atoms with van der Waals surface area (Å²) in [5, 5.41) is 0.551. The van der Waals surface area contributed by atoms with Crippen LogP contribution in [-0.2, 0) is 4.79 Å². The fourth-order valence-corrected chi connectivity index (χ4v) is 3.93. The quantitative estimate of drug-likeness (QED) is 0.751. The first-order chi connectivity index (χ1) is 12.3. The fraction of sp³-hybridized carbons (Fsp3) is 0.300. The average Bonchev–Trinajstić information content (AvgIpc) is 2.76. The summed E-state index contributed by atoms with van der Waals surface area (Å²) in [6, 6.07) is 7.66. The molecule has 0 radical (unpaired) electrons. The molecule has 1 aromatic carbocycles. The van der Waals surface area contributed by atoms with Gasteiger partial charge < -0.3 is 9.32 Å². The van der Waals surface area contributed by atoms with Gasteiger partial charge in [-0.3, -0.25) is 4.79 Å². The Labute approximate surface area is 151 Å². The molecule has 0 fully saturated rings. The summed E-state index contributed by atoms with van der Waals surface area (Å²) in [6.07, 6.45) is 12.7. The normalized spacial score (nSPS) is 17.5. The summed E-state index contributed by atoms with van der Waals surface area (Å²) in [6.45, 7) is 0.782. The molecule has 0 spiro atoms. The maximum Gasteiger partial charge on any atom is 0.257 e. The van der Waals surface area contributed by atoms with Gasteiger partial charge in [0, 0.05) is 12.2 Å². The predicted octanol–water partition coefficient (Wildman–Crippen LogP) is 4.70. The molecule has 4 rings (SSSR count). The second-order valence-corrected chi connectivity index (χ2v) is 7.12. The van der Waals surface area contributed by atoms with Gasteiger partial charge in [0.2, 0.25) is 5.91 Å². The minimum atomic E-state index is 0.113. The van der Waals surface area contributed by atoms with E-state index in [1.54, 1.807) is 0 Å². The maximum absolute atomic E-state index is 12.9. The van der Waals surface area contributed by atoms with Crippen molar-refractivity contribution in [1.29, 1.82) is 0 Å². The van der Waals surface area contributed by atoms with E-state index in [1.807, 2.05) is 29.2 Å². The molecular formula is C20H20N2O2S. The minimum Gasteiger partial charge on any atom is -0.431 e. The van der Waals surface area contributed by atoms with E-state index < -0.39 is 0 Å². The largest absolute Gasteiger partial charge is 0.431 e. The number of thioether (sulfide) groups is 1. The molecule has 0 bridgehead atoms. The number of hydrogen-bond donors (Lipinski definition) is 0. The van der Waals surface area contributed by atoms with Gasteiger partial charge in [0.15, 0.2) is 5.58 Å². The first-order valence-electron chi connectivity index (χ1n) is 8.66. The molecule has 1 amide bonds. The SMILES string of the molecule is O=C(CSc1nc2ccccc2o1)N1CCCCC2=C1C=CCC=C2. The van der Waals surface area contributed by atoms with Crippen LogP contribution in [0.3, 0.4) is 0 Å². The Morgan fingerprint density at radius 1 is 1.20 bits per heavy atom. The molecule has 0 atom stereocenters. The number of carbonyl (C=O) groups excluding carboxylic acids is 1. The molecule has 0 saturated carbocycles. The summed E-state index contributed by atoms with van der Waals surface area (Å²) in [5.74, 6) is 0.447. The van der Waals surface area contributed by atoms with Crippen molar-refractivity contribution < 1.29 is 9.21 Å². The molecule has 128 valence electrons. The third-order valence-electron chi connectivity index (χ3n) is 4.46. The highest BCUT2D eigenvalue weighted by molar-refractivity contribution is 7.99. The van der Waals surface area contributed by atoms with Crippen molar-refractivity contribution in [1.82, 2.24) is 9.88 Å². The zero-order valence-electron chi connectivity index (χ0n) is 14.0. The summed E-state index contributed by atoms with van der Waals surface area (Å²) in [4.78, 5) is 19.2. The molecule has 0 unspecified atom stereocenters. The molecule has 2 aliphatic rings. The number of benzene rings is 1. The predicted molar refractivity (Wildman–Crippen MR) is 100 cm³/mol. The lowest BCUT2D eigenvalue weighted by atomic mass is 10.1. The second kappa shape index (κ2) is 7.31. The van der Waals surface area contributed by atoms with Crippen LogP contribution in [0.1, 0.15) is 25.7 Å². The van der Waals surface area contributed by atoms with Crippen molar-refractivity contribution in [3.05, 3.63) is 59.8 Å². The van der Waals surface area contributed by atoms with E-state index in [2.05, 4.69) is 29.3 Å². The Hall–Kier alpha value is -2.27. The summed E-state index contributed by atoms with van der Waals surface area (Å²) < 4.78 is 5.70. The van der Waals surface area contributed by atoms with E-state index in [1.165, 1.54) is 17.3 Å². The van der Waals surface area contributed by atoms with E-state index in [0.29, 0.717) is 11.0 Å². The van der Waals surface area contributed by atoms with Crippen LogP contribution in [0.25, 0.3) is 11.1 Å². The number of fused-ring (bicyclic) bond motifs is 1. The molecule has 2 heterocycles. The van der Waals surface area contributed by atoms with Crippen molar-refractivity contribution in [2.45, 2.75) is 30.9 Å². The van der Waals surface area contributed by atoms with Crippen LogP contribution in [0.15, 0.2) is 69.5 Å². The standard InChI is InChI=1S/C20H20N2O2S/c23-19(14-25-20-21-16-10-4-5-12-18(16)24-20)22-13-7-6-9-15-8-2-1-3-11-17(15)22/h2-5,8,10-12H,1,6-7,9,13-14H2. The highest BCUT2D eigenvalue weighted by Gasteiger charge is 2.22. The molecule has 1 aliphatic heterocycles. The van der Waals surface area contributed by atoms with Crippen LogP contribution in [0.5, 0.6) is 0 Å². The number of allylic oxidation sites excluding steroid dienone is 5. The van der Waals surface area contributed by atoms with Gasteiger partial charge >= 0.3 is 0 Å². The number of rotatable bonds is 3. The molecule has 0 N–H and O–H groups in total. The molecule has 4 nitrogen and oxygen atoms in total. The molecule has 25 heavy (non-hydrogen) atoms. The van der Waals surface area contributed by atoms with Gasteiger partial charge in [-0.25, -0.2) is 4.98 Å². The van der Waals surface area contributed by atoms with Crippen molar-refractivity contribution >= 4 is 28.8 Å². The Morgan fingerprint density at radius 2 is 2.08 bits per heavy atom. The maximum atomic E-state index is 12.9. The van der Waals surface area contributed by atoms with Gasteiger partial charge in [-0.05, 0) is 49.5 Å². The number of carbonyl (C=O) groups is 1. The summed E-state index contributed by atoms with van der Waals surface area (Å²) in [5.41, 5.74) is 3.92. The van der Waals surface area contributed by atoms with Gasteiger partial charge in [-0.15, -0.1) is 0 Å². The molecule has 1 aromatic heterocycles. The summed E-state index contributed by atoms with van der Waals surface area (Å²) in [7, 11) is 0. The lowest BCUT2D eigenvalue weighted by Gasteiger charge is -2.23. The van der Waals surface area contributed by atoms with Crippen molar-refractivity contribution in [2.24, 2.45) is 0 Å². The first-order valence-corrected chi connectivity index (χ1v) is 9.65. The lowest BCUT2D eigenvalue weighted by molar-refractivity contribution is -0.126. The van der Waals surface area contributed by atoms with Crippen molar-refractivity contribution in [3.8, 4) is 0 Å². The highest BCUT2D eigenvalue weighted by Crippen LogP contribution is 2.28. The van der Waals surface area contributed by atoms with Crippen molar-refractivity contribution in [2.75, 3.05) is 12.3 Å². The van der Waals surface area contributed by atoms with Crippen LogP contribution >= 0.6 is 11.8 Å². The van der Waals surface area contributed by atoms with Crippen LogP contribution in [0.2, 0.25) is 0 Å². The molecule has 5 heteroatoms. The summed E-state index contributed by atoms with van der Waals surface area (Å²) >= 11 is 1.37. The van der Waals surface area contributed by atoms with Gasteiger partial charge in [-0.1, -0.05) is 42.1 Å². The van der Waals surface area contributed by atoms with Gasteiger partial charge in [0.25, 0.3) is 5.22 Å². The topological polar surface area (TPSA) is 46.3 Å². The van der Waals surface area contributed by atoms with E-state index >= 15 is 0 Å². The monoisotopic (exact) mass is 352 g/mol. The van der Waals surface area contributed by atoms with Gasteiger partial charge in [0.05, 0.1) is 5.75 Å². The highest BCUT2D eigenvalue weighted by atomic mass is 32.2. The lowest BCUT2D eigenvalue weighted by Crippen LogP contribution is -2.32. The number of oxazole rings is 1. The smallest absolute Gasteiger partial charge is 0.257 e. The molecule has 0 saturated heterocycles. The van der Waals surface area contributed by atoms with Crippen LogP contribution in [-0.4, -0.2) is 28.1 Å². The van der Waals surface area contributed by atoms with Gasteiger partial charge in [0.1, 0.15) is 5.52 Å². The van der Waals surface area contributed by atoms with Crippen LogP contribution in [0, 0.1) is 0 Å². The Morgan fingerprint density at radius 3 is 3.00 bits per heavy atom. The zero-order chi connectivity index (χ0) is 17.1. The van der Waals surface area contributed by atoms with Crippen molar-refractivity contribution in [3.63, 3.8) is 0 Å². The fourth-order valence-electron chi connectivity index (χ4n) is 3.21. The Balaban J connectivity index is 1.50. The third kappa shape index (κ3) is 3.56. The first kappa shape index (κ1) is 16.2. The minimum absolute atomic E-state index is 0.113. The average molecular weight is 352 g/mol. The van der Waals surface area contributed by atoms with Crippen LogP contribution < -0.4 is 0 Å². The third-order valence-corrected chi connectivity index (χ3v) is 5.27. The molecular weight excluding hydrogens is 332 g/mol. The number of amides is 1. The Bertz CT molecular complexity index is 846. The van der Waals surface area contributed by atoms with E-state index in [9.17, 15) is 4.79 Å². The van der Waals surface area contributed by atoms with E-state index in [0.717, 1.165) is 49.0 Å². The zero-order valence-corrected chi connectivity index (χ0v) is 14.8. The van der Waals surface area contributed by atoms with E-state index in [4.69, 9.17) is 4.42 Å². The van der Waals surface area contributed by atoms with Gasteiger partial charge in [-0.2, -0.15) is 0 Å². The molecule has 2 aromatic rings. The second-order valence-electron chi connectivity index (χ2n) is 6.19. The number of hydrogen-bond acceptors (Lipinski definition) is 4. The number of nitrogens with zero attached hydrogens (tertiary/aromatic N) is 2. The van der Waals surface area contributed by atoms with Crippen LogP contribution in [0.4, 0.5) is 0 Å². The molecule has 1 aliphatic carbocycles.